The van der Waals surface area contributed by atoms with E-state index in [4.69, 9.17) is 4.42 Å². The standard InChI is InChI=1S/C18H15FN2O3S/c1-13-6-9-15(10-7-13)25(22,23)21-20-12-14-8-11-18(24-14)16-4-2-3-5-17(16)19/h2-12,21H,1H3. The van der Waals surface area contributed by atoms with Gasteiger partial charge in [0.1, 0.15) is 17.3 Å². The molecule has 3 rings (SSSR count). The van der Waals surface area contributed by atoms with Crippen LogP contribution in [-0.2, 0) is 10.0 Å². The van der Waals surface area contributed by atoms with Crippen molar-refractivity contribution >= 4 is 16.2 Å². The van der Waals surface area contributed by atoms with Gasteiger partial charge >= 0.3 is 0 Å². The molecule has 25 heavy (non-hydrogen) atoms. The van der Waals surface area contributed by atoms with E-state index in [1.165, 1.54) is 24.4 Å². The Morgan fingerprint density at radius 3 is 2.48 bits per heavy atom. The van der Waals surface area contributed by atoms with Gasteiger partial charge in [-0.05, 0) is 43.3 Å². The van der Waals surface area contributed by atoms with Gasteiger partial charge in [0.05, 0.1) is 16.7 Å². The molecule has 1 N–H and O–H groups in total. The molecule has 0 aliphatic heterocycles. The molecule has 1 heterocycles. The van der Waals surface area contributed by atoms with E-state index in [1.807, 2.05) is 6.92 Å². The van der Waals surface area contributed by atoms with Gasteiger partial charge in [-0.25, -0.2) is 4.39 Å². The first-order valence-corrected chi connectivity index (χ1v) is 8.90. The smallest absolute Gasteiger partial charge is 0.276 e. The third kappa shape index (κ3) is 3.95. The number of nitrogens with zero attached hydrogens (tertiary/aromatic N) is 1. The number of sulfonamides is 1. The molecule has 0 saturated heterocycles. The quantitative estimate of drug-likeness (QED) is 0.558. The number of hydrogen-bond acceptors (Lipinski definition) is 4. The van der Waals surface area contributed by atoms with Crippen LogP contribution in [0.5, 0.6) is 0 Å². The van der Waals surface area contributed by atoms with Gasteiger partial charge in [-0.1, -0.05) is 29.8 Å². The predicted molar refractivity (Wildman–Crippen MR) is 93.2 cm³/mol. The molecule has 0 radical (unpaired) electrons. The fourth-order valence-electron chi connectivity index (χ4n) is 2.16. The van der Waals surface area contributed by atoms with E-state index < -0.39 is 15.8 Å². The molecule has 0 spiro atoms. The van der Waals surface area contributed by atoms with E-state index in [1.54, 1.807) is 42.5 Å². The average molecular weight is 358 g/mol. The van der Waals surface area contributed by atoms with Crippen molar-refractivity contribution in [1.29, 1.82) is 0 Å². The summed E-state index contributed by atoms with van der Waals surface area (Å²) < 4.78 is 43.4. The van der Waals surface area contributed by atoms with Crippen LogP contribution in [0, 0.1) is 12.7 Å². The summed E-state index contributed by atoms with van der Waals surface area (Å²) in [6.07, 6.45) is 1.22. The third-order valence-corrected chi connectivity index (χ3v) is 4.70. The van der Waals surface area contributed by atoms with Crippen molar-refractivity contribution in [2.45, 2.75) is 11.8 Å². The summed E-state index contributed by atoms with van der Waals surface area (Å²) in [4.78, 5) is 2.22. The van der Waals surface area contributed by atoms with Crippen molar-refractivity contribution in [3.8, 4) is 11.3 Å². The van der Waals surface area contributed by atoms with Crippen LogP contribution in [0.1, 0.15) is 11.3 Å². The zero-order chi connectivity index (χ0) is 17.9. The van der Waals surface area contributed by atoms with Gasteiger partial charge in [-0.3, -0.25) is 0 Å². The van der Waals surface area contributed by atoms with E-state index in [0.29, 0.717) is 17.1 Å². The highest BCUT2D eigenvalue weighted by molar-refractivity contribution is 7.89. The highest BCUT2D eigenvalue weighted by Crippen LogP contribution is 2.24. The van der Waals surface area contributed by atoms with E-state index in [2.05, 4.69) is 9.93 Å². The Morgan fingerprint density at radius 2 is 1.76 bits per heavy atom. The highest BCUT2D eigenvalue weighted by atomic mass is 32.2. The second-order valence-corrected chi connectivity index (χ2v) is 7.01. The van der Waals surface area contributed by atoms with Gasteiger partial charge in [-0.2, -0.15) is 18.4 Å². The molecule has 0 unspecified atom stereocenters. The lowest BCUT2D eigenvalue weighted by atomic mass is 10.1. The molecule has 2 aromatic carbocycles. The minimum Gasteiger partial charge on any atom is -0.455 e. The number of aryl methyl sites for hydroxylation is 1. The molecular formula is C18H15FN2O3S. The summed E-state index contributed by atoms with van der Waals surface area (Å²) in [5.41, 5.74) is 1.28. The summed E-state index contributed by atoms with van der Waals surface area (Å²) in [7, 11) is -3.75. The number of furan rings is 1. The Kier molecular flexibility index (Phi) is 4.67. The molecule has 0 atom stereocenters. The van der Waals surface area contributed by atoms with Crippen molar-refractivity contribution in [1.82, 2.24) is 4.83 Å². The van der Waals surface area contributed by atoms with Gasteiger partial charge in [0.15, 0.2) is 0 Å². The number of hydrogen-bond donors (Lipinski definition) is 1. The molecule has 1 aromatic heterocycles. The van der Waals surface area contributed by atoms with E-state index in [0.717, 1.165) is 5.56 Å². The number of hydrazone groups is 1. The highest BCUT2D eigenvalue weighted by Gasteiger charge is 2.12. The molecule has 5 nitrogen and oxygen atoms in total. The third-order valence-electron chi connectivity index (χ3n) is 3.46. The minimum atomic E-state index is -3.75. The molecule has 0 bridgehead atoms. The topological polar surface area (TPSA) is 71.7 Å². The predicted octanol–water partition coefficient (Wildman–Crippen LogP) is 3.71. The normalized spacial score (nSPS) is 11.8. The fourth-order valence-corrected chi connectivity index (χ4v) is 2.95. The molecule has 0 aliphatic rings. The average Bonchev–Trinajstić information content (AvgIpc) is 3.04. The molecule has 128 valence electrons. The fraction of sp³-hybridized carbons (Fsp3) is 0.0556. The molecular weight excluding hydrogens is 343 g/mol. The Hall–Kier alpha value is -2.93. The van der Waals surface area contributed by atoms with Crippen molar-refractivity contribution in [3.05, 3.63) is 77.8 Å². The van der Waals surface area contributed by atoms with Crippen LogP contribution < -0.4 is 4.83 Å². The number of benzene rings is 2. The van der Waals surface area contributed by atoms with Gasteiger partial charge in [-0.15, -0.1) is 0 Å². The van der Waals surface area contributed by atoms with Crippen LogP contribution in [0.4, 0.5) is 4.39 Å². The maximum absolute atomic E-state index is 13.7. The Balaban J connectivity index is 1.73. The largest absolute Gasteiger partial charge is 0.455 e. The van der Waals surface area contributed by atoms with Gasteiger partial charge < -0.3 is 4.42 Å². The number of rotatable bonds is 5. The number of nitrogens with one attached hydrogen (secondary N) is 1. The lowest BCUT2D eigenvalue weighted by molar-refractivity contribution is 0.563. The Bertz CT molecular complexity index is 1010. The van der Waals surface area contributed by atoms with Gasteiger partial charge in [0, 0.05) is 0 Å². The van der Waals surface area contributed by atoms with Crippen molar-refractivity contribution < 1.29 is 17.2 Å². The van der Waals surface area contributed by atoms with Gasteiger partial charge in [0.25, 0.3) is 10.0 Å². The first-order chi connectivity index (χ1) is 12.0. The van der Waals surface area contributed by atoms with Crippen LogP contribution in [-0.4, -0.2) is 14.6 Å². The second kappa shape index (κ2) is 6.90. The van der Waals surface area contributed by atoms with Crippen molar-refractivity contribution in [3.63, 3.8) is 0 Å². The van der Waals surface area contributed by atoms with Crippen LogP contribution in [0.2, 0.25) is 0 Å². The van der Waals surface area contributed by atoms with E-state index >= 15 is 0 Å². The first kappa shape index (κ1) is 16.9. The minimum absolute atomic E-state index is 0.113. The summed E-state index contributed by atoms with van der Waals surface area (Å²) in [5, 5.41) is 3.69. The van der Waals surface area contributed by atoms with Gasteiger partial charge in [0.2, 0.25) is 0 Å². The molecule has 0 fully saturated rings. The van der Waals surface area contributed by atoms with Crippen LogP contribution in [0.25, 0.3) is 11.3 Å². The molecule has 0 aliphatic carbocycles. The van der Waals surface area contributed by atoms with E-state index in [-0.39, 0.29) is 4.90 Å². The monoisotopic (exact) mass is 358 g/mol. The summed E-state index contributed by atoms with van der Waals surface area (Å²) in [6.45, 7) is 1.87. The van der Waals surface area contributed by atoms with Crippen molar-refractivity contribution in [2.24, 2.45) is 5.10 Å². The van der Waals surface area contributed by atoms with Crippen LogP contribution >= 0.6 is 0 Å². The second-order valence-electron chi connectivity index (χ2n) is 5.35. The zero-order valence-corrected chi connectivity index (χ0v) is 14.1. The van der Waals surface area contributed by atoms with Crippen LogP contribution in [0.15, 0.2) is 75.1 Å². The summed E-state index contributed by atoms with van der Waals surface area (Å²) >= 11 is 0. The maximum atomic E-state index is 13.7. The maximum Gasteiger partial charge on any atom is 0.276 e. The number of halogens is 1. The summed E-state index contributed by atoms with van der Waals surface area (Å²) in [6, 6.07) is 15.8. The SMILES string of the molecule is Cc1ccc(S(=O)(=O)NN=Cc2ccc(-c3ccccc3F)o2)cc1. The first-order valence-electron chi connectivity index (χ1n) is 7.42. The molecule has 0 amide bonds. The van der Waals surface area contributed by atoms with Crippen molar-refractivity contribution in [2.75, 3.05) is 0 Å². The summed E-state index contributed by atoms with van der Waals surface area (Å²) in [5.74, 6) is 0.228. The lowest BCUT2D eigenvalue weighted by Gasteiger charge is -2.03. The molecule has 0 saturated carbocycles. The van der Waals surface area contributed by atoms with Crippen LogP contribution in [0.3, 0.4) is 0 Å². The Labute approximate surface area is 144 Å². The molecule has 7 heteroatoms. The van der Waals surface area contributed by atoms with E-state index in [9.17, 15) is 12.8 Å². The molecule has 3 aromatic rings. The zero-order valence-electron chi connectivity index (χ0n) is 13.3. The lowest BCUT2D eigenvalue weighted by Crippen LogP contribution is -2.18. The Morgan fingerprint density at radius 1 is 1.04 bits per heavy atom.